The number of carbonyl (C=O) groups is 2. The summed E-state index contributed by atoms with van der Waals surface area (Å²) in [5, 5.41) is 7.18. The quantitative estimate of drug-likeness (QED) is 0.852. The highest BCUT2D eigenvalue weighted by molar-refractivity contribution is 6.00. The Hall–Kier alpha value is -2.77. The van der Waals surface area contributed by atoms with Gasteiger partial charge in [0.05, 0.1) is 11.6 Å². The lowest BCUT2D eigenvalue weighted by Gasteiger charge is -2.36. The minimum Gasteiger partial charge on any atom is -0.343 e. The molecule has 1 saturated carbocycles. The van der Waals surface area contributed by atoms with Crippen LogP contribution in [0.5, 0.6) is 0 Å². The van der Waals surface area contributed by atoms with Crippen LogP contribution in [0.4, 0.5) is 10.1 Å². The molecule has 2 aliphatic rings. The van der Waals surface area contributed by atoms with Crippen LogP contribution < -0.4 is 10.2 Å². The predicted octanol–water partition coefficient (Wildman–Crippen LogP) is 3.15. The molecule has 0 radical (unpaired) electrons. The number of anilines is 1. The fourth-order valence-corrected chi connectivity index (χ4v) is 4.34. The second kappa shape index (κ2) is 7.57. The number of carbonyl (C=O) groups excluding carboxylic acids is 2. The third-order valence-corrected chi connectivity index (χ3v) is 5.91. The number of aryl methyl sites for hydroxylation is 2. The Morgan fingerprint density at radius 1 is 1.28 bits per heavy atom. The maximum absolute atomic E-state index is 14.3. The van der Waals surface area contributed by atoms with E-state index in [1.165, 1.54) is 11.0 Å². The van der Waals surface area contributed by atoms with Gasteiger partial charge in [0.2, 0.25) is 17.7 Å². The molecule has 7 nitrogen and oxygen atoms in total. The Morgan fingerprint density at radius 3 is 2.69 bits per heavy atom. The smallest absolute Gasteiger partial charge is 0.227 e. The minimum absolute atomic E-state index is 0.0561. The van der Waals surface area contributed by atoms with Gasteiger partial charge in [-0.15, -0.1) is 0 Å². The van der Waals surface area contributed by atoms with Gasteiger partial charge in [0, 0.05) is 19.9 Å². The van der Waals surface area contributed by atoms with Gasteiger partial charge in [-0.1, -0.05) is 30.5 Å². The lowest BCUT2D eigenvalue weighted by atomic mass is 9.80. The van der Waals surface area contributed by atoms with E-state index in [9.17, 15) is 14.0 Å². The van der Waals surface area contributed by atoms with Crippen molar-refractivity contribution in [2.45, 2.75) is 57.9 Å². The highest BCUT2D eigenvalue weighted by Crippen LogP contribution is 2.37. The summed E-state index contributed by atoms with van der Waals surface area (Å²) in [5.41, 5.74) is 0.331. The number of rotatable bonds is 4. The summed E-state index contributed by atoms with van der Waals surface area (Å²) < 4.78 is 19.5. The molecule has 2 amide bonds. The summed E-state index contributed by atoms with van der Waals surface area (Å²) in [6.45, 7) is 3.67. The summed E-state index contributed by atoms with van der Waals surface area (Å²) in [4.78, 5) is 31.3. The number of hydrogen-bond acceptors (Lipinski definition) is 5. The standard InChI is InChI=1S/C21H25FN4O3/c1-13-6-7-17(16(22)10-13)26-12-15(11-18(26)27)19(28)24-21(8-4-3-5-9-21)20-23-14(2)29-25-20/h6-7,10,15H,3-5,8-9,11-12H2,1-2H3,(H,24,28). The van der Waals surface area contributed by atoms with Crippen LogP contribution in [0, 0.1) is 25.6 Å². The van der Waals surface area contributed by atoms with Crippen LogP contribution in [-0.2, 0) is 15.1 Å². The van der Waals surface area contributed by atoms with E-state index in [0.717, 1.165) is 37.7 Å². The summed E-state index contributed by atoms with van der Waals surface area (Å²) in [7, 11) is 0. The Bertz CT molecular complexity index is 936. The number of nitrogens with one attached hydrogen (secondary N) is 1. The fourth-order valence-electron chi connectivity index (χ4n) is 4.34. The van der Waals surface area contributed by atoms with Crippen LogP contribution in [0.3, 0.4) is 0 Å². The maximum Gasteiger partial charge on any atom is 0.227 e. The second-order valence-electron chi connectivity index (χ2n) is 8.13. The second-order valence-corrected chi connectivity index (χ2v) is 8.13. The van der Waals surface area contributed by atoms with E-state index in [1.807, 2.05) is 0 Å². The molecule has 29 heavy (non-hydrogen) atoms. The highest BCUT2D eigenvalue weighted by atomic mass is 19.1. The van der Waals surface area contributed by atoms with Crippen molar-refractivity contribution in [3.63, 3.8) is 0 Å². The van der Waals surface area contributed by atoms with Crippen molar-refractivity contribution in [3.8, 4) is 0 Å². The predicted molar refractivity (Wildman–Crippen MR) is 104 cm³/mol. The first-order valence-electron chi connectivity index (χ1n) is 10.1. The molecule has 4 rings (SSSR count). The van der Waals surface area contributed by atoms with Crippen LogP contribution in [0.25, 0.3) is 0 Å². The van der Waals surface area contributed by atoms with Gasteiger partial charge in [-0.2, -0.15) is 4.98 Å². The van der Waals surface area contributed by atoms with Crippen molar-refractivity contribution >= 4 is 17.5 Å². The molecule has 1 unspecified atom stereocenters. The monoisotopic (exact) mass is 400 g/mol. The molecule has 2 aromatic rings. The van der Waals surface area contributed by atoms with Gasteiger partial charge < -0.3 is 14.7 Å². The number of halogens is 1. The molecular formula is C21H25FN4O3. The van der Waals surface area contributed by atoms with Gasteiger partial charge in [0.25, 0.3) is 0 Å². The average molecular weight is 400 g/mol. The normalized spacial score (nSPS) is 21.4. The van der Waals surface area contributed by atoms with E-state index in [-0.39, 0.29) is 30.5 Å². The van der Waals surface area contributed by atoms with Crippen molar-refractivity contribution in [3.05, 3.63) is 41.3 Å². The van der Waals surface area contributed by atoms with Crippen LogP contribution >= 0.6 is 0 Å². The summed E-state index contributed by atoms with van der Waals surface area (Å²) in [6.07, 6.45) is 4.52. The SMILES string of the molecule is Cc1ccc(N2CC(C(=O)NC3(c4noc(C)n4)CCCCC3)CC2=O)c(F)c1. The van der Waals surface area contributed by atoms with E-state index in [1.54, 1.807) is 26.0 Å². The summed E-state index contributed by atoms with van der Waals surface area (Å²) >= 11 is 0. The molecule has 2 heterocycles. The number of benzene rings is 1. The zero-order valence-corrected chi connectivity index (χ0v) is 16.7. The van der Waals surface area contributed by atoms with Crippen molar-refractivity contribution < 1.29 is 18.5 Å². The van der Waals surface area contributed by atoms with E-state index in [4.69, 9.17) is 4.52 Å². The van der Waals surface area contributed by atoms with Crippen LogP contribution in [0.15, 0.2) is 22.7 Å². The zero-order valence-electron chi connectivity index (χ0n) is 16.7. The van der Waals surface area contributed by atoms with Gasteiger partial charge in [0.1, 0.15) is 11.4 Å². The first-order valence-corrected chi connectivity index (χ1v) is 10.1. The molecule has 0 bridgehead atoms. The van der Waals surface area contributed by atoms with Crippen LogP contribution in [-0.4, -0.2) is 28.5 Å². The fraction of sp³-hybridized carbons (Fsp3) is 0.524. The first-order chi connectivity index (χ1) is 13.9. The van der Waals surface area contributed by atoms with Crippen LogP contribution in [0.2, 0.25) is 0 Å². The molecule has 154 valence electrons. The number of amides is 2. The van der Waals surface area contributed by atoms with Gasteiger partial charge in [-0.3, -0.25) is 9.59 Å². The molecule has 8 heteroatoms. The Balaban J connectivity index is 1.52. The van der Waals surface area contributed by atoms with Crippen molar-refractivity contribution in [2.24, 2.45) is 5.92 Å². The lowest BCUT2D eigenvalue weighted by Crippen LogP contribution is -2.50. The molecule has 2 fully saturated rings. The molecule has 1 N–H and O–H groups in total. The van der Waals surface area contributed by atoms with E-state index >= 15 is 0 Å². The largest absolute Gasteiger partial charge is 0.343 e. The molecule has 1 saturated heterocycles. The number of hydrogen-bond donors (Lipinski definition) is 1. The van der Waals surface area contributed by atoms with Crippen LogP contribution in [0.1, 0.15) is 55.8 Å². The highest BCUT2D eigenvalue weighted by Gasteiger charge is 2.43. The zero-order chi connectivity index (χ0) is 20.6. The third-order valence-electron chi connectivity index (χ3n) is 5.91. The number of nitrogens with zero attached hydrogens (tertiary/aromatic N) is 3. The summed E-state index contributed by atoms with van der Waals surface area (Å²) in [5.74, 6) is -0.524. The summed E-state index contributed by atoms with van der Waals surface area (Å²) in [6, 6.07) is 4.74. The van der Waals surface area contributed by atoms with Gasteiger partial charge in [-0.05, 0) is 37.5 Å². The Kier molecular flexibility index (Phi) is 5.10. The Labute approximate surface area is 168 Å². The molecule has 1 aromatic heterocycles. The van der Waals surface area contributed by atoms with Gasteiger partial charge >= 0.3 is 0 Å². The molecule has 0 spiro atoms. The Morgan fingerprint density at radius 2 is 2.03 bits per heavy atom. The van der Waals surface area contributed by atoms with Crippen molar-refractivity contribution in [1.29, 1.82) is 0 Å². The lowest BCUT2D eigenvalue weighted by molar-refractivity contribution is -0.128. The molecule has 1 aliphatic carbocycles. The van der Waals surface area contributed by atoms with E-state index in [2.05, 4.69) is 15.5 Å². The van der Waals surface area contributed by atoms with E-state index < -0.39 is 17.3 Å². The molecule has 1 atom stereocenters. The maximum atomic E-state index is 14.3. The van der Waals surface area contributed by atoms with Crippen molar-refractivity contribution in [2.75, 3.05) is 11.4 Å². The first kappa shape index (κ1) is 19.5. The molecule has 1 aromatic carbocycles. The molecular weight excluding hydrogens is 375 g/mol. The minimum atomic E-state index is -0.668. The number of aromatic nitrogens is 2. The van der Waals surface area contributed by atoms with Gasteiger partial charge in [0.15, 0.2) is 5.82 Å². The topological polar surface area (TPSA) is 88.3 Å². The third kappa shape index (κ3) is 3.75. The molecule has 1 aliphatic heterocycles. The van der Waals surface area contributed by atoms with Gasteiger partial charge in [-0.25, -0.2) is 4.39 Å². The van der Waals surface area contributed by atoms with Crippen molar-refractivity contribution in [1.82, 2.24) is 15.5 Å². The average Bonchev–Trinajstić information content (AvgIpc) is 3.29. The van der Waals surface area contributed by atoms with E-state index in [0.29, 0.717) is 11.7 Å².